The summed E-state index contributed by atoms with van der Waals surface area (Å²) in [6, 6.07) is 12.7. The molecule has 1 fully saturated rings. The van der Waals surface area contributed by atoms with E-state index in [2.05, 4.69) is 18.7 Å². The quantitative estimate of drug-likeness (QED) is 0.578. The number of imide groups is 1. The Morgan fingerprint density at radius 2 is 1.70 bits per heavy atom. The smallest absolute Gasteiger partial charge is 0.266 e. The van der Waals surface area contributed by atoms with Gasteiger partial charge in [0.2, 0.25) is 0 Å². The normalized spacial score (nSPS) is 23.4. The molecule has 2 amide bonds. The molecule has 0 radical (unpaired) electrons. The van der Waals surface area contributed by atoms with Crippen LogP contribution in [-0.4, -0.2) is 34.6 Å². The second-order valence-electron chi connectivity index (χ2n) is 8.36. The molecule has 2 unspecified atom stereocenters. The summed E-state index contributed by atoms with van der Waals surface area (Å²) < 4.78 is 6.25. The lowest BCUT2D eigenvalue weighted by Gasteiger charge is -2.29. The fourth-order valence-electron chi connectivity index (χ4n) is 4.83. The van der Waals surface area contributed by atoms with Crippen molar-refractivity contribution in [2.24, 2.45) is 0 Å². The Hall–Kier alpha value is -3.21. The van der Waals surface area contributed by atoms with Gasteiger partial charge >= 0.3 is 0 Å². The van der Waals surface area contributed by atoms with Crippen LogP contribution in [0.5, 0.6) is 5.75 Å². The van der Waals surface area contributed by atoms with Crippen molar-refractivity contribution < 1.29 is 19.1 Å². The predicted molar refractivity (Wildman–Crippen MR) is 112 cm³/mol. The van der Waals surface area contributed by atoms with Gasteiger partial charge in [0, 0.05) is 12.8 Å². The molecule has 2 aromatic rings. The van der Waals surface area contributed by atoms with E-state index in [1.54, 1.807) is 18.2 Å². The van der Waals surface area contributed by atoms with Crippen LogP contribution in [0.2, 0.25) is 0 Å². The molecular weight excluding hydrogens is 378 g/mol. The van der Waals surface area contributed by atoms with Gasteiger partial charge in [-0.25, -0.2) is 0 Å². The van der Waals surface area contributed by atoms with E-state index < -0.39 is 17.9 Å². The van der Waals surface area contributed by atoms with Gasteiger partial charge in [0.15, 0.2) is 5.78 Å². The average Bonchev–Trinajstić information content (AvgIpc) is 2.99. The molecule has 0 saturated heterocycles. The second kappa shape index (κ2) is 7.24. The van der Waals surface area contributed by atoms with Crippen LogP contribution in [0.3, 0.4) is 0 Å². The largest absolute Gasteiger partial charge is 0.489 e. The van der Waals surface area contributed by atoms with Gasteiger partial charge in [0.1, 0.15) is 11.9 Å². The van der Waals surface area contributed by atoms with Crippen molar-refractivity contribution in [2.75, 3.05) is 0 Å². The molecule has 0 N–H and O–H groups in total. The van der Waals surface area contributed by atoms with E-state index in [1.165, 1.54) is 11.1 Å². The molecule has 5 nitrogen and oxygen atoms in total. The van der Waals surface area contributed by atoms with Gasteiger partial charge in [0.25, 0.3) is 11.8 Å². The average molecular weight is 401 g/mol. The predicted octanol–water partition coefficient (Wildman–Crippen LogP) is 3.90. The first-order chi connectivity index (χ1) is 14.5. The fourth-order valence-corrected chi connectivity index (χ4v) is 4.83. The van der Waals surface area contributed by atoms with Crippen LogP contribution in [0.15, 0.2) is 54.6 Å². The van der Waals surface area contributed by atoms with Crippen LogP contribution in [0.4, 0.5) is 0 Å². The summed E-state index contributed by atoms with van der Waals surface area (Å²) in [5, 5.41) is 0. The van der Waals surface area contributed by atoms with Gasteiger partial charge in [0.05, 0.1) is 17.2 Å². The van der Waals surface area contributed by atoms with Crippen molar-refractivity contribution in [3.8, 4) is 5.75 Å². The zero-order valence-electron chi connectivity index (χ0n) is 16.7. The number of benzene rings is 2. The highest BCUT2D eigenvalue weighted by Crippen LogP contribution is 2.36. The molecule has 1 aliphatic heterocycles. The lowest BCUT2D eigenvalue weighted by molar-refractivity contribution is -0.123. The first-order valence-electron chi connectivity index (χ1n) is 10.5. The van der Waals surface area contributed by atoms with E-state index in [9.17, 15) is 14.4 Å². The van der Waals surface area contributed by atoms with Gasteiger partial charge in [-0.05, 0) is 48.9 Å². The topological polar surface area (TPSA) is 63.7 Å². The van der Waals surface area contributed by atoms with Gasteiger partial charge in [-0.2, -0.15) is 0 Å². The molecule has 3 aliphatic rings. The highest BCUT2D eigenvalue weighted by Gasteiger charge is 2.45. The number of hydrogen-bond acceptors (Lipinski definition) is 4. The van der Waals surface area contributed by atoms with E-state index in [1.807, 2.05) is 12.1 Å². The third kappa shape index (κ3) is 3.05. The monoisotopic (exact) mass is 401 g/mol. The van der Waals surface area contributed by atoms with Crippen molar-refractivity contribution in [1.82, 2.24) is 4.90 Å². The standard InChI is InChI=1S/C25H23NO4/c1-15-9-12-20(21(27)13-15)26-24(28)19-7-4-8-22(23(19)25(26)29)30-18-11-10-16-5-2-3-6-17(16)14-18/h2-8,18,20H,1,9-14H2. The Kier molecular flexibility index (Phi) is 4.54. The minimum atomic E-state index is -0.711. The van der Waals surface area contributed by atoms with Crippen LogP contribution >= 0.6 is 0 Å². The number of hydrogen-bond donors (Lipinski definition) is 0. The van der Waals surface area contributed by atoms with Crippen LogP contribution in [0.25, 0.3) is 0 Å². The molecule has 5 heteroatoms. The van der Waals surface area contributed by atoms with Crippen LogP contribution in [0, 0.1) is 0 Å². The molecular formula is C25H23NO4. The van der Waals surface area contributed by atoms with Crippen molar-refractivity contribution in [3.05, 3.63) is 76.9 Å². The molecule has 0 bridgehead atoms. The number of nitrogens with zero attached hydrogens (tertiary/aromatic N) is 1. The molecule has 30 heavy (non-hydrogen) atoms. The van der Waals surface area contributed by atoms with Crippen LogP contribution < -0.4 is 4.74 Å². The third-order valence-corrected chi connectivity index (χ3v) is 6.38. The van der Waals surface area contributed by atoms with E-state index in [0.29, 0.717) is 29.7 Å². The number of carbonyl (C=O) groups is 3. The van der Waals surface area contributed by atoms with Gasteiger partial charge in [-0.15, -0.1) is 0 Å². The Balaban J connectivity index is 1.41. The maximum Gasteiger partial charge on any atom is 0.266 e. The number of carbonyl (C=O) groups excluding carboxylic acids is 3. The summed E-state index contributed by atoms with van der Waals surface area (Å²) in [6.07, 6.45) is 3.82. The Bertz CT molecular complexity index is 1090. The maximum absolute atomic E-state index is 13.2. The van der Waals surface area contributed by atoms with Gasteiger partial charge in [-0.3, -0.25) is 19.3 Å². The third-order valence-electron chi connectivity index (χ3n) is 6.38. The van der Waals surface area contributed by atoms with Crippen molar-refractivity contribution in [3.63, 3.8) is 0 Å². The van der Waals surface area contributed by atoms with Crippen LogP contribution in [-0.2, 0) is 17.6 Å². The number of aryl methyl sites for hydroxylation is 1. The lowest BCUT2D eigenvalue weighted by Crippen LogP contribution is -2.46. The summed E-state index contributed by atoms with van der Waals surface area (Å²) in [6.45, 7) is 3.87. The number of ether oxygens (including phenoxy) is 1. The summed E-state index contributed by atoms with van der Waals surface area (Å²) in [5.74, 6) is -0.509. The zero-order chi connectivity index (χ0) is 20.8. The molecule has 2 aliphatic carbocycles. The highest BCUT2D eigenvalue weighted by molar-refractivity contribution is 6.24. The molecule has 0 spiro atoms. The molecule has 1 saturated carbocycles. The van der Waals surface area contributed by atoms with E-state index in [-0.39, 0.29) is 18.3 Å². The summed E-state index contributed by atoms with van der Waals surface area (Å²) in [4.78, 5) is 39.9. The van der Waals surface area contributed by atoms with Crippen molar-refractivity contribution >= 4 is 17.6 Å². The minimum Gasteiger partial charge on any atom is -0.489 e. The number of Topliss-reactive ketones (excluding diaryl/α,β-unsaturated/α-hetero) is 1. The fraction of sp³-hybridized carbons (Fsp3) is 0.320. The molecule has 1 heterocycles. The summed E-state index contributed by atoms with van der Waals surface area (Å²) in [5.41, 5.74) is 4.07. The number of allylic oxidation sites excluding steroid dienone is 1. The lowest BCUT2D eigenvalue weighted by atomic mass is 9.89. The van der Waals surface area contributed by atoms with Gasteiger partial charge in [-0.1, -0.05) is 42.5 Å². The minimum absolute atomic E-state index is 0.0528. The Labute approximate surface area is 175 Å². The molecule has 0 aromatic heterocycles. The number of rotatable bonds is 3. The van der Waals surface area contributed by atoms with Crippen molar-refractivity contribution in [2.45, 2.75) is 50.7 Å². The first-order valence-corrected chi connectivity index (χ1v) is 10.5. The van der Waals surface area contributed by atoms with E-state index in [0.717, 1.165) is 29.7 Å². The Morgan fingerprint density at radius 1 is 0.900 bits per heavy atom. The molecule has 152 valence electrons. The van der Waals surface area contributed by atoms with Crippen LogP contribution in [0.1, 0.15) is 57.5 Å². The molecule has 5 rings (SSSR count). The van der Waals surface area contributed by atoms with Gasteiger partial charge < -0.3 is 4.74 Å². The highest BCUT2D eigenvalue weighted by atomic mass is 16.5. The number of ketones is 1. The van der Waals surface area contributed by atoms with Crippen molar-refractivity contribution in [1.29, 1.82) is 0 Å². The SMILES string of the molecule is C=C1CCC(N2C(=O)c3cccc(OC4CCc5ccccc5C4)c3C2=O)C(=O)C1. The number of fused-ring (bicyclic) bond motifs is 2. The van der Waals surface area contributed by atoms with E-state index >= 15 is 0 Å². The first kappa shape index (κ1) is 18.8. The summed E-state index contributed by atoms with van der Waals surface area (Å²) in [7, 11) is 0. The zero-order valence-corrected chi connectivity index (χ0v) is 16.7. The Morgan fingerprint density at radius 3 is 2.50 bits per heavy atom. The molecule has 2 aromatic carbocycles. The van der Waals surface area contributed by atoms with E-state index in [4.69, 9.17) is 4.74 Å². The second-order valence-corrected chi connectivity index (χ2v) is 8.36. The molecule has 2 atom stereocenters. The summed E-state index contributed by atoms with van der Waals surface area (Å²) >= 11 is 0. The number of amides is 2. The maximum atomic E-state index is 13.2.